The van der Waals surface area contributed by atoms with Gasteiger partial charge in [-0.05, 0) is 74.6 Å². The highest BCUT2D eigenvalue weighted by atomic mass is 19.4. The van der Waals surface area contributed by atoms with Crippen molar-refractivity contribution in [2.24, 2.45) is 5.41 Å². The molecule has 1 aromatic heterocycles. The smallest absolute Gasteiger partial charge is 0.416 e. The van der Waals surface area contributed by atoms with Crippen molar-refractivity contribution in [2.45, 2.75) is 56.6 Å². The number of alkyl halides is 6. The van der Waals surface area contributed by atoms with Gasteiger partial charge in [0.05, 0.1) is 11.1 Å². The Labute approximate surface area is 239 Å². The predicted octanol–water partition coefficient (Wildman–Crippen LogP) is 7.03. The van der Waals surface area contributed by atoms with Crippen molar-refractivity contribution in [1.82, 2.24) is 9.97 Å². The fraction of sp³-hybridized carbons (Fsp3) is 0.467. The molecule has 0 radical (unpaired) electrons. The Morgan fingerprint density at radius 2 is 1.48 bits per heavy atom. The van der Waals surface area contributed by atoms with E-state index < -0.39 is 23.5 Å². The van der Waals surface area contributed by atoms with Crippen LogP contribution in [0.5, 0.6) is 5.88 Å². The standard InChI is InChI=1S/C30H31F6N5O/c31-29(32,33)20-4-8-24(9-5-20)40-13-12-28(16-40)17-41(18-28)26-15-27(38-19-37-26)42-25-10-6-22(7-11-25)39-23-3-1-2-21(14-23)30(34,35)36/h1-5,8-9,14-15,19,22,25,39H,6-7,10-13,16-18H2. The third-order valence-corrected chi connectivity index (χ3v) is 8.52. The summed E-state index contributed by atoms with van der Waals surface area (Å²) in [4.78, 5) is 13.0. The van der Waals surface area contributed by atoms with E-state index in [1.807, 2.05) is 6.07 Å². The average molecular weight is 592 g/mol. The molecule has 3 fully saturated rings. The fourth-order valence-corrected chi connectivity index (χ4v) is 6.28. The van der Waals surface area contributed by atoms with Crippen LogP contribution in [0.1, 0.15) is 43.2 Å². The summed E-state index contributed by atoms with van der Waals surface area (Å²) in [6.07, 6.45) is -3.27. The molecule has 6 rings (SSSR count). The zero-order valence-electron chi connectivity index (χ0n) is 22.8. The van der Waals surface area contributed by atoms with Gasteiger partial charge in [0.2, 0.25) is 5.88 Å². The summed E-state index contributed by atoms with van der Waals surface area (Å²) in [5.41, 5.74) is 0.0281. The number of nitrogens with one attached hydrogen (secondary N) is 1. The van der Waals surface area contributed by atoms with Crippen LogP contribution in [-0.4, -0.2) is 48.3 Å². The molecule has 0 unspecified atom stereocenters. The highest BCUT2D eigenvalue weighted by Gasteiger charge is 2.48. The van der Waals surface area contributed by atoms with Crippen LogP contribution in [0.4, 0.5) is 43.5 Å². The first-order chi connectivity index (χ1) is 20.0. The average Bonchev–Trinajstić information content (AvgIpc) is 3.39. The van der Waals surface area contributed by atoms with E-state index in [4.69, 9.17) is 4.74 Å². The van der Waals surface area contributed by atoms with Gasteiger partial charge in [-0.25, -0.2) is 9.97 Å². The molecule has 1 spiro atoms. The fourth-order valence-electron chi connectivity index (χ4n) is 6.28. The maximum absolute atomic E-state index is 13.0. The molecule has 3 heterocycles. The molecule has 1 N–H and O–H groups in total. The number of nitrogens with zero attached hydrogens (tertiary/aromatic N) is 4. The number of hydrogen-bond donors (Lipinski definition) is 1. The summed E-state index contributed by atoms with van der Waals surface area (Å²) in [6.45, 7) is 3.17. The van der Waals surface area contributed by atoms with E-state index in [9.17, 15) is 26.3 Å². The minimum absolute atomic E-state index is 0.0397. The normalized spacial score (nSPS) is 22.2. The van der Waals surface area contributed by atoms with Gasteiger partial charge in [0.25, 0.3) is 0 Å². The van der Waals surface area contributed by atoms with Crippen LogP contribution in [0.2, 0.25) is 0 Å². The first-order valence-corrected chi connectivity index (χ1v) is 14.1. The van der Waals surface area contributed by atoms with E-state index in [2.05, 4.69) is 25.1 Å². The Balaban J connectivity index is 0.983. The Hall–Kier alpha value is -3.70. The molecule has 42 heavy (non-hydrogen) atoms. The van der Waals surface area contributed by atoms with Crippen LogP contribution < -0.4 is 19.9 Å². The van der Waals surface area contributed by atoms with Crippen molar-refractivity contribution in [1.29, 1.82) is 0 Å². The van der Waals surface area contributed by atoms with Crippen LogP contribution in [-0.2, 0) is 12.4 Å². The topological polar surface area (TPSA) is 53.5 Å². The predicted molar refractivity (Wildman–Crippen MR) is 147 cm³/mol. The number of benzene rings is 2. The Bertz CT molecular complexity index is 1380. The van der Waals surface area contributed by atoms with E-state index in [-0.39, 0.29) is 17.6 Å². The number of hydrogen-bond acceptors (Lipinski definition) is 6. The molecular formula is C30H31F6N5O. The van der Waals surface area contributed by atoms with E-state index in [1.54, 1.807) is 18.2 Å². The lowest BCUT2D eigenvalue weighted by molar-refractivity contribution is -0.138. The number of halogens is 6. The second-order valence-electron chi connectivity index (χ2n) is 11.6. The summed E-state index contributed by atoms with van der Waals surface area (Å²) in [5.74, 6) is 1.27. The second kappa shape index (κ2) is 10.9. The minimum atomic E-state index is -4.37. The Morgan fingerprint density at radius 1 is 0.786 bits per heavy atom. The van der Waals surface area contributed by atoms with E-state index in [1.165, 1.54) is 12.4 Å². The molecule has 2 aliphatic heterocycles. The van der Waals surface area contributed by atoms with Crippen LogP contribution in [0.15, 0.2) is 60.9 Å². The molecule has 1 aliphatic carbocycles. The van der Waals surface area contributed by atoms with Crippen LogP contribution in [0.25, 0.3) is 0 Å². The molecule has 1 saturated carbocycles. The Morgan fingerprint density at radius 3 is 2.17 bits per heavy atom. The van der Waals surface area contributed by atoms with E-state index >= 15 is 0 Å². The molecule has 0 atom stereocenters. The minimum Gasteiger partial charge on any atom is -0.474 e. The molecule has 2 aromatic carbocycles. The summed E-state index contributed by atoms with van der Waals surface area (Å²) in [7, 11) is 0. The van der Waals surface area contributed by atoms with Crippen molar-refractivity contribution in [3.8, 4) is 5.88 Å². The molecule has 12 heteroatoms. The molecular weight excluding hydrogens is 560 g/mol. The van der Waals surface area contributed by atoms with Crippen LogP contribution in [0, 0.1) is 5.41 Å². The highest BCUT2D eigenvalue weighted by molar-refractivity contribution is 5.52. The number of ether oxygens (including phenoxy) is 1. The maximum Gasteiger partial charge on any atom is 0.416 e. The largest absolute Gasteiger partial charge is 0.474 e. The third-order valence-electron chi connectivity index (χ3n) is 8.52. The summed E-state index contributed by atoms with van der Waals surface area (Å²) < 4.78 is 83.9. The van der Waals surface area contributed by atoms with Gasteiger partial charge in [-0.15, -0.1) is 0 Å². The quantitative estimate of drug-likeness (QED) is 0.311. The lowest BCUT2D eigenvalue weighted by atomic mass is 9.79. The van der Waals surface area contributed by atoms with Crippen molar-refractivity contribution >= 4 is 17.2 Å². The van der Waals surface area contributed by atoms with Crippen molar-refractivity contribution in [3.05, 3.63) is 72.1 Å². The monoisotopic (exact) mass is 591 g/mol. The second-order valence-corrected chi connectivity index (χ2v) is 11.6. The van der Waals surface area contributed by atoms with Gasteiger partial charge < -0.3 is 19.9 Å². The van der Waals surface area contributed by atoms with Crippen molar-refractivity contribution < 1.29 is 31.1 Å². The zero-order chi connectivity index (χ0) is 29.5. The molecule has 3 aliphatic rings. The molecule has 0 amide bonds. The van der Waals surface area contributed by atoms with Crippen LogP contribution >= 0.6 is 0 Å². The van der Waals surface area contributed by atoms with Gasteiger partial charge in [-0.1, -0.05) is 6.07 Å². The number of rotatable bonds is 6. The lowest BCUT2D eigenvalue weighted by Crippen LogP contribution is -2.58. The SMILES string of the molecule is FC(F)(F)c1ccc(N2CCC3(C2)CN(c2cc(OC4CCC(Nc5cccc(C(F)(F)F)c5)CC4)ncn2)C3)cc1. The van der Waals surface area contributed by atoms with Gasteiger partial charge >= 0.3 is 12.4 Å². The first-order valence-electron chi connectivity index (χ1n) is 14.1. The highest BCUT2D eigenvalue weighted by Crippen LogP contribution is 2.43. The first kappa shape index (κ1) is 28.4. The number of anilines is 3. The summed E-state index contributed by atoms with van der Waals surface area (Å²) in [6, 6.07) is 12.5. The summed E-state index contributed by atoms with van der Waals surface area (Å²) >= 11 is 0. The molecule has 224 valence electrons. The van der Waals surface area contributed by atoms with Gasteiger partial charge in [0, 0.05) is 55.1 Å². The summed E-state index contributed by atoms with van der Waals surface area (Å²) in [5, 5.41) is 3.23. The van der Waals surface area contributed by atoms with Crippen molar-refractivity contribution in [2.75, 3.05) is 41.3 Å². The maximum atomic E-state index is 13.0. The van der Waals surface area contributed by atoms with Crippen LogP contribution in [0.3, 0.4) is 0 Å². The lowest BCUT2D eigenvalue weighted by Gasteiger charge is -2.48. The molecule has 0 bridgehead atoms. The van der Waals surface area contributed by atoms with E-state index in [0.29, 0.717) is 11.6 Å². The van der Waals surface area contributed by atoms with Crippen molar-refractivity contribution in [3.63, 3.8) is 0 Å². The van der Waals surface area contributed by atoms with Gasteiger partial charge in [0.15, 0.2) is 0 Å². The molecule has 6 nitrogen and oxygen atoms in total. The Kier molecular flexibility index (Phi) is 7.34. The van der Waals surface area contributed by atoms with E-state index in [0.717, 1.165) is 94.1 Å². The van der Waals surface area contributed by atoms with Gasteiger partial charge in [0.1, 0.15) is 18.2 Å². The third kappa shape index (κ3) is 6.22. The van der Waals surface area contributed by atoms with Gasteiger partial charge in [-0.2, -0.15) is 26.3 Å². The molecule has 3 aromatic rings. The number of aromatic nitrogens is 2. The zero-order valence-corrected chi connectivity index (χ0v) is 22.8. The molecule has 2 saturated heterocycles. The van der Waals surface area contributed by atoms with Gasteiger partial charge in [-0.3, -0.25) is 0 Å².